The summed E-state index contributed by atoms with van der Waals surface area (Å²) in [6.07, 6.45) is 0. The van der Waals surface area contributed by atoms with Crippen molar-refractivity contribution in [3.8, 4) is 11.1 Å². The third kappa shape index (κ3) is 4.23. The molecule has 1 N–H and O–H groups in total. The summed E-state index contributed by atoms with van der Waals surface area (Å²) in [5.41, 5.74) is 7.14. The maximum atomic E-state index is 5.72. The number of thiophene rings is 2. The minimum atomic E-state index is -0.176. The highest BCUT2D eigenvalue weighted by atomic mass is 32.1. The topological polar surface area (TPSA) is 29.3 Å². The van der Waals surface area contributed by atoms with Crippen LogP contribution < -0.4 is 5.32 Å². The SMILES string of the molecule is c1ccc(-c2ccc3cc(C4N=C(n5c6ccccc6c6c7c8ccccc8sc7c7ccccc7c65)Nc5c4sc4ccccc54)ccc3c2)cc1. The van der Waals surface area contributed by atoms with Crippen molar-refractivity contribution in [1.82, 2.24) is 4.57 Å². The molecule has 12 rings (SSSR count). The van der Waals surface area contributed by atoms with E-state index in [0.717, 1.165) is 17.2 Å². The number of rotatable bonds is 2. The molecule has 1 unspecified atom stereocenters. The van der Waals surface area contributed by atoms with Crippen molar-refractivity contribution in [2.45, 2.75) is 6.04 Å². The van der Waals surface area contributed by atoms with Crippen LogP contribution in [0.4, 0.5) is 5.69 Å². The van der Waals surface area contributed by atoms with E-state index in [4.69, 9.17) is 4.99 Å². The van der Waals surface area contributed by atoms with Crippen molar-refractivity contribution in [3.63, 3.8) is 0 Å². The van der Waals surface area contributed by atoms with Gasteiger partial charge in [-0.15, -0.1) is 22.7 Å². The fourth-order valence-corrected chi connectivity index (χ4v) is 11.1. The third-order valence-corrected chi connectivity index (χ3v) is 13.4. The second-order valence-corrected chi connectivity index (χ2v) is 16.1. The van der Waals surface area contributed by atoms with Crippen molar-refractivity contribution in [1.29, 1.82) is 0 Å². The molecule has 0 bridgehead atoms. The Balaban J connectivity index is 1.15. The van der Waals surface area contributed by atoms with Gasteiger partial charge in [0.05, 0.1) is 21.6 Å². The van der Waals surface area contributed by atoms with E-state index < -0.39 is 0 Å². The van der Waals surface area contributed by atoms with Gasteiger partial charge in [-0.2, -0.15) is 0 Å². The van der Waals surface area contributed by atoms with Gasteiger partial charge in [0, 0.05) is 51.8 Å². The fraction of sp³-hybridized carbons (Fsp3) is 0.0208. The molecule has 5 heteroatoms. The van der Waals surface area contributed by atoms with E-state index in [1.165, 1.54) is 89.7 Å². The van der Waals surface area contributed by atoms with Crippen LogP contribution in [0.5, 0.6) is 0 Å². The predicted molar refractivity (Wildman–Crippen MR) is 229 cm³/mol. The first-order chi connectivity index (χ1) is 26.3. The maximum absolute atomic E-state index is 5.72. The van der Waals surface area contributed by atoms with Gasteiger partial charge < -0.3 is 5.32 Å². The van der Waals surface area contributed by atoms with Crippen LogP contribution >= 0.6 is 22.7 Å². The summed E-state index contributed by atoms with van der Waals surface area (Å²) >= 11 is 3.74. The van der Waals surface area contributed by atoms with E-state index in [9.17, 15) is 0 Å². The minimum Gasteiger partial charge on any atom is -0.324 e. The molecule has 1 atom stereocenters. The van der Waals surface area contributed by atoms with Crippen molar-refractivity contribution in [2.75, 3.05) is 5.32 Å². The lowest BCUT2D eigenvalue weighted by atomic mass is 9.96. The molecule has 8 aromatic carbocycles. The van der Waals surface area contributed by atoms with E-state index in [1.807, 2.05) is 22.7 Å². The van der Waals surface area contributed by atoms with Gasteiger partial charge in [-0.1, -0.05) is 133 Å². The van der Waals surface area contributed by atoms with Crippen molar-refractivity contribution >= 4 is 108 Å². The van der Waals surface area contributed by atoms with Crippen molar-refractivity contribution in [2.24, 2.45) is 4.99 Å². The number of nitrogens with zero attached hydrogens (tertiary/aromatic N) is 2. The number of benzene rings is 8. The Labute approximate surface area is 312 Å². The second-order valence-electron chi connectivity index (χ2n) is 13.9. The number of anilines is 1. The highest BCUT2D eigenvalue weighted by molar-refractivity contribution is 7.27. The number of aromatic nitrogens is 1. The second kappa shape index (κ2) is 11.1. The van der Waals surface area contributed by atoms with Gasteiger partial charge in [-0.25, -0.2) is 4.99 Å². The Morgan fingerprint density at radius 3 is 2.02 bits per heavy atom. The zero-order valence-corrected chi connectivity index (χ0v) is 30.0. The van der Waals surface area contributed by atoms with Gasteiger partial charge in [0.15, 0.2) is 0 Å². The number of hydrogen-bond donors (Lipinski definition) is 1. The lowest BCUT2D eigenvalue weighted by Gasteiger charge is -2.25. The van der Waals surface area contributed by atoms with Crippen LogP contribution in [0.15, 0.2) is 169 Å². The molecular formula is C48H29N3S2. The largest absolute Gasteiger partial charge is 0.324 e. The summed E-state index contributed by atoms with van der Waals surface area (Å²) < 4.78 is 6.32. The summed E-state index contributed by atoms with van der Waals surface area (Å²) in [5, 5.41) is 15.3. The zero-order valence-electron chi connectivity index (χ0n) is 28.4. The molecule has 0 amide bonds. The molecule has 0 saturated carbocycles. The average molecular weight is 712 g/mol. The highest BCUT2D eigenvalue weighted by Crippen LogP contribution is 2.50. The molecule has 0 saturated heterocycles. The predicted octanol–water partition coefficient (Wildman–Crippen LogP) is 13.8. The zero-order chi connectivity index (χ0) is 34.6. The molecular weight excluding hydrogens is 683 g/mol. The number of aliphatic imine (C=N–C) groups is 1. The van der Waals surface area contributed by atoms with Crippen molar-refractivity contribution in [3.05, 3.63) is 174 Å². The summed E-state index contributed by atoms with van der Waals surface area (Å²) in [5.74, 6) is 0.848. The molecule has 0 fully saturated rings. The first-order valence-corrected chi connectivity index (χ1v) is 19.6. The van der Waals surface area contributed by atoms with E-state index in [-0.39, 0.29) is 6.04 Å². The minimum absolute atomic E-state index is 0.176. The van der Waals surface area contributed by atoms with Crippen molar-refractivity contribution < 1.29 is 0 Å². The van der Waals surface area contributed by atoms with Gasteiger partial charge in [0.25, 0.3) is 0 Å². The van der Waals surface area contributed by atoms with E-state index in [1.54, 1.807) is 0 Å². The summed E-state index contributed by atoms with van der Waals surface area (Å²) in [6, 6.07) is 59.5. The molecule has 4 heterocycles. The first kappa shape index (κ1) is 29.3. The average Bonchev–Trinajstić information content (AvgIpc) is 3.91. The van der Waals surface area contributed by atoms with Crippen LogP contribution in [0.25, 0.3) is 84.7 Å². The molecule has 53 heavy (non-hydrogen) atoms. The van der Waals surface area contributed by atoms with Gasteiger partial charge in [0.2, 0.25) is 5.96 Å². The van der Waals surface area contributed by atoms with Gasteiger partial charge in [0.1, 0.15) is 6.04 Å². The summed E-state index contributed by atoms with van der Waals surface area (Å²) in [6.45, 7) is 0. The van der Waals surface area contributed by atoms with Gasteiger partial charge in [-0.05, 0) is 57.8 Å². The molecule has 0 aliphatic carbocycles. The third-order valence-electron chi connectivity index (χ3n) is 11.0. The van der Waals surface area contributed by atoms with E-state index >= 15 is 0 Å². The first-order valence-electron chi connectivity index (χ1n) is 18.0. The van der Waals surface area contributed by atoms with Gasteiger partial charge in [-0.3, -0.25) is 4.57 Å². The number of nitrogens with one attached hydrogen (secondary N) is 1. The lowest BCUT2D eigenvalue weighted by Crippen LogP contribution is -2.26. The molecule has 0 radical (unpaired) electrons. The molecule has 11 aromatic rings. The molecule has 3 aromatic heterocycles. The van der Waals surface area contributed by atoms with Crippen LogP contribution in [-0.2, 0) is 0 Å². The van der Waals surface area contributed by atoms with Crippen LogP contribution in [0.1, 0.15) is 16.5 Å². The number of hydrogen-bond acceptors (Lipinski definition) is 4. The van der Waals surface area contributed by atoms with Crippen LogP contribution in [0.2, 0.25) is 0 Å². The lowest BCUT2D eigenvalue weighted by molar-refractivity contribution is 0.874. The standard InChI is InChI=1S/C48H29N3S2/c1-2-12-28(13-3-1)29-22-23-31-27-32(25-24-30(31)26-29)43-47-44(37-18-8-11-21-40(37)53-47)50-48(49-43)51-38-19-9-6-16-35(38)41-42-36-17-7-10-20-39(36)52-46(42)34-15-5-4-14-33(34)45(41)51/h1-27,43H,(H,49,50). The summed E-state index contributed by atoms with van der Waals surface area (Å²) in [4.78, 5) is 6.96. The summed E-state index contributed by atoms with van der Waals surface area (Å²) in [7, 11) is 0. The van der Waals surface area contributed by atoms with Crippen LogP contribution in [-0.4, -0.2) is 10.5 Å². The number of fused-ring (bicyclic) bond motifs is 14. The maximum Gasteiger partial charge on any atom is 0.208 e. The Hall–Kier alpha value is -6.27. The Kier molecular flexibility index (Phi) is 6.15. The Bertz CT molecular complexity index is 3330. The molecule has 1 aliphatic rings. The highest BCUT2D eigenvalue weighted by Gasteiger charge is 2.31. The normalized spacial score (nSPS) is 14.5. The Morgan fingerprint density at radius 2 is 1.17 bits per heavy atom. The van der Waals surface area contributed by atoms with Crippen LogP contribution in [0, 0.1) is 0 Å². The van der Waals surface area contributed by atoms with E-state index in [2.05, 4.69) is 174 Å². The van der Waals surface area contributed by atoms with E-state index in [0.29, 0.717) is 0 Å². The fourth-order valence-electron chi connectivity index (χ4n) is 8.63. The molecule has 3 nitrogen and oxygen atoms in total. The monoisotopic (exact) mass is 711 g/mol. The molecule has 248 valence electrons. The smallest absolute Gasteiger partial charge is 0.208 e. The molecule has 0 spiro atoms. The Morgan fingerprint density at radius 1 is 0.509 bits per heavy atom. The quantitative estimate of drug-likeness (QED) is 0.190. The van der Waals surface area contributed by atoms with Gasteiger partial charge >= 0.3 is 0 Å². The van der Waals surface area contributed by atoms with Crippen LogP contribution in [0.3, 0.4) is 0 Å². The number of para-hydroxylation sites is 1. The molecule has 1 aliphatic heterocycles.